The fraction of sp³-hybridized carbons (Fsp3) is 0.600. The third-order valence-electron chi connectivity index (χ3n) is 2.32. The van der Waals surface area contributed by atoms with Crippen LogP contribution >= 0.6 is 0 Å². The molecule has 0 saturated carbocycles. The molecule has 7 heteroatoms. The van der Waals surface area contributed by atoms with Crippen molar-refractivity contribution in [2.75, 3.05) is 13.1 Å². The molecule has 0 spiro atoms. The highest BCUT2D eigenvalue weighted by Crippen LogP contribution is 2.01. The number of hydrogen-bond donors (Lipinski definition) is 2. The van der Waals surface area contributed by atoms with E-state index in [4.69, 9.17) is 5.11 Å². The number of aryl methyl sites for hydroxylation is 1. The SMILES string of the molecule is CCc1nc(C(=O)N(CC)CCC(=O)O)n[nH]1. The minimum atomic E-state index is -0.930. The van der Waals surface area contributed by atoms with Crippen molar-refractivity contribution in [1.82, 2.24) is 20.1 Å². The number of hydrogen-bond acceptors (Lipinski definition) is 4. The van der Waals surface area contributed by atoms with Crippen LogP contribution in [0, 0.1) is 0 Å². The maximum Gasteiger partial charge on any atom is 0.305 e. The highest BCUT2D eigenvalue weighted by atomic mass is 16.4. The average molecular weight is 240 g/mol. The first-order chi connectivity index (χ1) is 8.08. The zero-order valence-corrected chi connectivity index (χ0v) is 9.93. The molecular formula is C10H16N4O3. The summed E-state index contributed by atoms with van der Waals surface area (Å²) in [6.45, 7) is 4.28. The summed E-state index contributed by atoms with van der Waals surface area (Å²) >= 11 is 0. The Labute approximate surface area is 98.8 Å². The van der Waals surface area contributed by atoms with Crippen molar-refractivity contribution in [3.05, 3.63) is 11.6 Å². The van der Waals surface area contributed by atoms with Gasteiger partial charge in [-0.3, -0.25) is 14.7 Å². The van der Waals surface area contributed by atoms with E-state index in [2.05, 4.69) is 15.2 Å². The van der Waals surface area contributed by atoms with Crippen molar-refractivity contribution in [2.24, 2.45) is 0 Å². The molecule has 0 aliphatic carbocycles. The van der Waals surface area contributed by atoms with Crippen LogP contribution in [0.25, 0.3) is 0 Å². The van der Waals surface area contributed by atoms with Crippen LogP contribution in [0.1, 0.15) is 36.7 Å². The summed E-state index contributed by atoms with van der Waals surface area (Å²) < 4.78 is 0. The summed E-state index contributed by atoms with van der Waals surface area (Å²) in [5, 5.41) is 15.0. The zero-order chi connectivity index (χ0) is 12.8. The molecule has 7 nitrogen and oxygen atoms in total. The van der Waals surface area contributed by atoms with Crippen LogP contribution in [0.2, 0.25) is 0 Å². The number of aromatic amines is 1. The number of nitrogens with zero attached hydrogens (tertiary/aromatic N) is 3. The number of amides is 1. The lowest BCUT2D eigenvalue weighted by atomic mass is 10.3. The highest BCUT2D eigenvalue weighted by molar-refractivity contribution is 5.90. The van der Waals surface area contributed by atoms with Gasteiger partial charge in [0.15, 0.2) is 0 Å². The van der Waals surface area contributed by atoms with Gasteiger partial charge in [-0.25, -0.2) is 4.98 Å². The van der Waals surface area contributed by atoms with E-state index >= 15 is 0 Å². The molecule has 0 atom stereocenters. The van der Waals surface area contributed by atoms with Gasteiger partial charge in [0.1, 0.15) is 5.82 Å². The minimum absolute atomic E-state index is 0.0787. The lowest BCUT2D eigenvalue weighted by molar-refractivity contribution is -0.137. The van der Waals surface area contributed by atoms with Crippen LogP contribution in [-0.2, 0) is 11.2 Å². The molecule has 17 heavy (non-hydrogen) atoms. The van der Waals surface area contributed by atoms with Gasteiger partial charge in [0, 0.05) is 19.5 Å². The predicted molar refractivity (Wildman–Crippen MR) is 59.6 cm³/mol. The normalized spacial score (nSPS) is 10.2. The van der Waals surface area contributed by atoms with Gasteiger partial charge in [-0.1, -0.05) is 6.92 Å². The summed E-state index contributed by atoms with van der Waals surface area (Å²) in [5.41, 5.74) is 0. The molecule has 0 aromatic carbocycles. The Morgan fingerprint density at radius 2 is 2.12 bits per heavy atom. The van der Waals surface area contributed by atoms with E-state index < -0.39 is 5.97 Å². The van der Waals surface area contributed by atoms with Crippen molar-refractivity contribution >= 4 is 11.9 Å². The largest absolute Gasteiger partial charge is 0.481 e. The van der Waals surface area contributed by atoms with Gasteiger partial charge in [0.25, 0.3) is 5.91 Å². The van der Waals surface area contributed by atoms with Gasteiger partial charge in [0.2, 0.25) is 5.82 Å². The molecule has 0 aliphatic rings. The minimum Gasteiger partial charge on any atom is -0.481 e. The van der Waals surface area contributed by atoms with Crippen LogP contribution in [-0.4, -0.2) is 50.2 Å². The molecule has 1 amide bonds. The summed E-state index contributed by atoms with van der Waals surface area (Å²) in [6.07, 6.45) is 0.589. The Balaban J connectivity index is 2.68. The average Bonchev–Trinajstić information content (AvgIpc) is 2.77. The second kappa shape index (κ2) is 5.97. The number of nitrogens with one attached hydrogen (secondary N) is 1. The van der Waals surface area contributed by atoms with E-state index in [1.807, 2.05) is 6.92 Å². The highest BCUT2D eigenvalue weighted by Gasteiger charge is 2.19. The lowest BCUT2D eigenvalue weighted by Crippen LogP contribution is -2.33. The first kappa shape index (κ1) is 13.1. The van der Waals surface area contributed by atoms with Crippen molar-refractivity contribution in [2.45, 2.75) is 26.7 Å². The molecule has 0 aliphatic heterocycles. The molecule has 1 rings (SSSR count). The molecule has 94 valence electrons. The Bertz CT molecular complexity index is 402. The van der Waals surface area contributed by atoms with Crippen molar-refractivity contribution in [3.8, 4) is 0 Å². The quantitative estimate of drug-likeness (QED) is 0.745. The van der Waals surface area contributed by atoms with Gasteiger partial charge in [0.05, 0.1) is 6.42 Å². The summed E-state index contributed by atoms with van der Waals surface area (Å²) in [4.78, 5) is 27.8. The summed E-state index contributed by atoms with van der Waals surface area (Å²) in [6, 6.07) is 0. The van der Waals surface area contributed by atoms with Crippen LogP contribution in [0.4, 0.5) is 0 Å². The van der Waals surface area contributed by atoms with E-state index in [-0.39, 0.29) is 24.7 Å². The molecule has 0 saturated heterocycles. The van der Waals surface area contributed by atoms with Gasteiger partial charge in [-0.05, 0) is 6.92 Å². The van der Waals surface area contributed by atoms with E-state index in [0.29, 0.717) is 18.8 Å². The first-order valence-electron chi connectivity index (χ1n) is 5.50. The van der Waals surface area contributed by atoms with Crippen molar-refractivity contribution < 1.29 is 14.7 Å². The summed E-state index contributed by atoms with van der Waals surface area (Å²) in [5.74, 6) is -0.540. The number of carbonyl (C=O) groups is 2. The number of aromatic nitrogens is 3. The second-order valence-corrected chi connectivity index (χ2v) is 3.49. The number of carbonyl (C=O) groups excluding carboxylic acids is 1. The molecule has 2 N–H and O–H groups in total. The molecular weight excluding hydrogens is 224 g/mol. The molecule has 1 heterocycles. The molecule has 0 radical (unpaired) electrons. The topological polar surface area (TPSA) is 99.2 Å². The molecule has 0 unspecified atom stereocenters. The fourth-order valence-electron chi connectivity index (χ4n) is 1.32. The van der Waals surface area contributed by atoms with Gasteiger partial charge < -0.3 is 10.0 Å². The van der Waals surface area contributed by atoms with E-state index in [1.165, 1.54) is 4.90 Å². The van der Waals surface area contributed by atoms with Crippen LogP contribution in [0.15, 0.2) is 0 Å². The number of carboxylic acid groups (broad SMARTS) is 1. The van der Waals surface area contributed by atoms with Crippen molar-refractivity contribution in [1.29, 1.82) is 0 Å². The first-order valence-corrected chi connectivity index (χ1v) is 5.50. The number of carboxylic acids is 1. The summed E-state index contributed by atoms with van der Waals surface area (Å²) in [7, 11) is 0. The number of aliphatic carboxylic acids is 1. The second-order valence-electron chi connectivity index (χ2n) is 3.49. The van der Waals surface area contributed by atoms with E-state index in [1.54, 1.807) is 6.92 Å². The van der Waals surface area contributed by atoms with Gasteiger partial charge >= 0.3 is 5.97 Å². The van der Waals surface area contributed by atoms with Gasteiger partial charge in [-0.15, -0.1) is 5.10 Å². The Morgan fingerprint density at radius 1 is 1.41 bits per heavy atom. The standard InChI is InChI=1S/C10H16N4O3/c1-3-7-11-9(13-12-7)10(17)14(4-2)6-5-8(15)16/h3-6H2,1-2H3,(H,15,16)(H,11,12,13). The van der Waals surface area contributed by atoms with Crippen LogP contribution in [0.3, 0.4) is 0 Å². The van der Waals surface area contributed by atoms with Crippen LogP contribution in [0.5, 0.6) is 0 Å². The van der Waals surface area contributed by atoms with E-state index in [9.17, 15) is 9.59 Å². The molecule has 1 aromatic heterocycles. The monoisotopic (exact) mass is 240 g/mol. The lowest BCUT2D eigenvalue weighted by Gasteiger charge is -2.17. The smallest absolute Gasteiger partial charge is 0.305 e. The maximum atomic E-state index is 11.9. The molecule has 0 bridgehead atoms. The Morgan fingerprint density at radius 3 is 2.59 bits per heavy atom. The predicted octanol–water partition coefficient (Wildman–Crippen LogP) is 0.304. The number of H-pyrrole nitrogens is 1. The van der Waals surface area contributed by atoms with Gasteiger partial charge in [-0.2, -0.15) is 0 Å². The third-order valence-corrected chi connectivity index (χ3v) is 2.32. The van der Waals surface area contributed by atoms with Crippen LogP contribution < -0.4 is 0 Å². The zero-order valence-electron chi connectivity index (χ0n) is 9.93. The number of rotatable bonds is 6. The molecule has 0 fully saturated rings. The Hall–Kier alpha value is -1.92. The Kier molecular flexibility index (Phi) is 4.62. The maximum absolute atomic E-state index is 11.9. The fourth-order valence-corrected chi connectivity index (χ4v) is 1.32. The molecule has 1 aromatic rings. The third kappa shape index (κ3) is 3.54. The van der Waals surface area contributed by atoms with Crippen molar-refractivity contribution in [3.63, 3.8) is 0 Å². The van der Waals surface area contributed by atoms with E-state index in [0.717, 1.165) is 0 Å².